The van der Waals surface area contributed by atoms with Crippen molar-refractivity contribution in [2.45, 2.75) is 32.3 Å². The lowest BCUT2D eigenvalue weighted by Gasteiger charge is -2.08. The summed E-state index contributed by atoms with van der Waals surface area (Å²) in [7, 11) is -2.87. The summed E-state index contributed by atoms with van der Waals surface area (Å²) in [5.41, 5.74) is 0. The van der Waals surface area contributed by atoms with Crippen molar-refractivity contribution in [3.63, 3.8) is 0 Å². The van der Waals surface area contributed by atoms with Crippen molar-refractivity contribution in [1.82, 2.24) is 0 Å². The molecule has 0 amide bonds. The Bertz CT molecular complexity index is 184. The molecule has 1 unspecified atom stereocenters. The van der Waals surface area contributed by atoms with Crippen LogP contribution >= 0.6 is 7.91 Å². The van der Waals surface area contributed by atoms with Crippen LogP contribution in [0.25, 0.3) is 0 Å². The molecule has 0 radical (unpaired) electrons. The molecule has 1 N–H and O–H groups in total. The van der Waals surface area contributed by atoms with Crippen molar-refractivity contribution in [2.75, 3.05) is 19.8 Å². The van der Waals surface area contributed by atoms with Crippen LogP contribution in [0.2, 0.25) is 0 Å². The van der Waals surface area contributed by atoms with Crippen LogP contribution in [0.5, 0.6) is 0 Å². The van der Waals surface area contributed by atoms with Crippen molar-refractivity contribution in [3.05, 3.63) is 0 Å². The van der Waals surface area contributed by atoms with Crippen LogP contribution in [-0.4, -0.2) is 31.0 Å². The highest BCUT2D eigenvalue weighted by atomic mass is 31.1. The maximum atomic E-state index is 9.98. The summed E-state index contributed by atoms with van der Waals surface area (Å²) in [6.07, 6.45) is 2.30. The molecule has 6 heteroatoms. The number of ether oxygens (including phenoxy) is 1. The molecule has 0 saturated heterocycles. The second-order valence-corrected chi connectivity index (χ2v) is 3.66. The number of aliphatic hydroxyl groups excluding tert-OH is 1. The van der Waals surface area contributed by atoms with Gasteiger partial charge < -0.3 is 9.84 Å². The summed E-state index contributed by atoms with van der Waals surface area (Å²) in [6.45, 7) is 2.57. The first-order chi connectivity index (χ1) is 6.66. The van der Waals surface area contributed by atoms with Crippen molar-refractivity contribution >= 4 is 7.91 Å². The number of aliphatic hydroxyl groups is 1. The molecular formula is C8H17O5P. The van der Waals surface area contributed by atoms with Gasteiger partial charge in [0.25, 0.3) is 0 Å². The third-order valence-electron chi connectivity index (χ3n) is 1.57. The first kappa shape index (κ1) is 13.8. The predicted molar refractivity (Wildman–Crippen MR) is 50.6 cm³/mol. The van der Waals surface area contributed by atoms with E-state index in [-0.39, 0.29) is 13.2 Å². The second-order valence-electron chi connectivity index (χ2n) is 2.96. The van der Waals surface area contributed by atoms with E-state index >= 15 is 0 Å². The van der Waals surface area contributed by atoms with Gasteiger partial charge in [-0.1, -0.05) is 19.8 Å². The fourth-order valence-corrected chi connectivity index (χ4v) is 1.16. The van der Waals surface area contributed by atoms with Gasteiger partial charge in [-0.3, -0.25) is 4.52 Å². The number of rotatable bonds is 9. The molecule has 0 aliphatic carbocycles. The van der Waals surface area contributed by atoms with Gasteiger partial charge in [0.15, 0.2) is 0 Å². The fraction of sp³-hybridized carbons (Fsp3) is 1.00. The normalized spacial score (nSPS) is 12.7. The summed E-state index contributed by atoms with van der Waals surface area (Å²) in [6, 6.07) is 0. The Hall–Kier alpha value is -0.220. The quantitative estimate of drug-likeness (QED) is 0.476. The van der Waals surface area contributed by atoms with Crippen LogP contribution in [0, 0.1) is 0 Å². The van der Waals surface area contributed by atoms with Crippen LogP contribution < -0.4 is 0 Å². The van der Waals surface area contributed by atoms with Gasteiger partial charge in [0.05, 0.1) is 13.2 Å². The average molecular weight is 224 g/mol. The molecule has 0 aromatic carbocycles. The Morgan fingerprint density at radius 2 is 2.00 bits per heavy atom. The maximum Gasteiger partial charge on any atom is 0.468 e. The van der Waals surface area contributed by atoms with E-state index in [4.69, 9.17) is 9.84 Å². The standard InChI is InChI=1S/C8H17O5P/c1-2-3-4-5-12-6-8(9)7-13-14(10)11/h8-9H,2-7H2,1H3. The Labute approximate surface area is 84.3 Å². The van der Waals surface area contributed by atoms with Gasteiger partial charge >= 0.3 is 7.91 Å². The summed E-state index contributed by atoms with van der Waals surface area (Å²) in [5.74, 6) is 0. The molecule has 14 heavy (non-hydrogen) atoms. The molecule has 0 rings (SSSR count). The van der Waals surface area contributed by atoms with Crippen molar-refractivity contribution in [1.29, 1.82) is 0 Å². The molecule has 0 saturated carbocycles. The lowest BCUT2D eigenvalue weighted by molar-refractivity contribution is 0.0119. The highest BCUT2D eigenvalue weighted by Crippen LogP contribution is 2.05. The van der Waals surface area contributed by atoms with E-state index in [0.717, 1.165) is 19.3 Å². The average Bonchev–Trinajstić information content (AvgIpc) is 2.14. The Morgan fingerprint density at radius 3 is 2.57 bits per heavy atom. The molecule has 0 spiro atoms. The van der Waals surface area contributed by atoms with Crippen molar-refractivity contribution in [2.24, 2.45) is 0 Å². The van der Waals surface area contributed by atoms with Gasteiger partial charge in [0, 0.05) is 6.61 Å². The zero-order valence-electron chi connectivity index (χ0n) is 8.35. The van der Waals surface area contributed by atoms with Crippen LogP contribution in [-0.2, 0) is 18.4 Å². The van der Waals surface area contributed by atoms with Crippen molar-refractivity contribution in [3.8, 4) is 0 Å². The minimum absolute atomic E-state index is 0.118. The van der Waals surface area contributed by atoms with E-state index in [2.05, 4.69) is 11.4 Å². The molecule has 0 aromatic rings. The molecule has 84 valence electrons. The molecule has 0 aliphatic rings. The van der Waals surface area contributed by atoms with Gasteiger partial charge in [0.2, 0.25) is 0 Å². The maximum absolute atomic E-state index is 9.98. The summed E-state index contributed by atoms with van der Waals surface area (Å²) in [5, 5.41) is 9.14. The van der Waals surface area contributed by atoms with Crippen LogP contribution in [0.4, 0.5) is 0 Å². The zero-order valence-corrected chi connectivity index (χ0v) is 9.24. The van der Waals surface area contributed by atoms with Crippen LogP contribution in [0.1, 0.15) is 26.2 Å². The summed E-state index contributed by atoms with van der Waals surface area (Å²) in [4.78, 5) is 0. The molecule has 1 atom stereocenters. The lowest BCUT2D eigenvalue weighted by atomic mass is 10.3. The van der Waals surface area contributed by atoms with E-state index < -0.39 is 14.0 Å². The highest BCUT2D eigenvalue weighted by Gasteiger charge is 2.05. The number of hydrogen-bond acceptors (Lipinski definition) is 5. The monoisotopic (exact) mass is 224 g/mol. The van der Waals surface area contributed by atoms with Gasteiger partial charge in [-0.15, -0.1) is 0 Å². The molecule has 0 aliphatic heterocycles. The lowest BCUT2D eigenvalue weighted by Crippen LogP contribution is -2.20. The Balaban J connectivity index is 3.22. The number of hydrogen-bond donors (Lipinski definition) is 1. The van der Waals surface area contributed by atoms with Crippen LogP contribution in [0.3, 0.4) is 0 Å². The van der Waals surface area contributed by atoms with Crippen molar-refractivity contribution < 1.29 is 23.5 Å². The summed E-state index contributed by atoms with van der Waals surface area (Å²) < 4.78 is 29.3. The second kappa shape index (κ2) is 9.34. The topological polar surface area (TPSA) is 72.8 Å². The first-order valence-electron chi connectivity index (χ1n) is 4.70. The predicted octanol–water partition coefficient (Wildman–Crippen LogP) is 1.66. The van der Waals surface area contributed by atoms with E-state index in [1.54, 1.807) is 0 Å². The minimum atomic E-state index is -2.87. The van der Waals surface area contributed by atoms with Gasteiger partial charge in [-0.05, 0) is 6.42 Å². The third-order valence-corrected chi connectivity index (χ3v) is 1.93. The molecule has 5 nitrogen and oxygen atoms in total. The largest absolute Gasteiger partial charge is 0.468 e. The van der Waals surface area contributed by atoms with E-state index in [9.17, 15) is 9.13 Å². The molecule has 0 aromatic heterocycles. The molecule has 0 bridgehead atoms. The Morgan fingerprint density at radius 1 is 1.29 bits per heavy atom. The smallest absolute Gasteiger partial charge is 0.388 e. The Kier molecular flexibility index (Phi) is 9.19. The third kappa shape index (κ3) is 9.86. The molecule has 0 fully saturated rings. The van der Waals surface area contributed by atoms with Gasteiger partial charge in [0.1, 0.15) is 6.10 Å². The summed E-state index contributed by atoms with van der Waals surface area (Å²) >= 11 is 0. The highest BCUT2D eigenvalue weighted by molar-refractivity contribution is 7.24. The van der Waals surface area contributed by atoms with Gasteiger partial charge in [-0.2, -0.15) is 0 Å². The fourth-order valence-electron chi connectivity index (χ4n) is 0.869. The molecular weight excluding hydrogens is 207 g/mol. The zero-order chi connectivity index (χ0) is 10.8. The minimum Gasteiger partial charge on any atom is -0.388 e. The van der Waals surface area contributed by atoms with E-state index in [1.165, 1.54) is 0 Å². The first-order valence-corrected chi connectivity index (χ1v) is 5.79. The van der Waals surface area contributed by atoms with Crippen LogP contribution in [0.15, 0.2) is 0 Å². The molecule has 0 heterocycles. The van der Waals surface area contributed by atoms with E-state index in [1.807, 2.05) is 0 Å². The SMILES string of the molecule is CCCCCOCC(O)COP(=O)=O. The van der Waals surface area contributed by atoms with E-state index in [0.29, 0.717) is 6.61 Å². The van der Waals surface area contributed by atoms with Gasteiger partial charge in [-0.25, -0.2) is 9.13 Å². The number of unbranched alkanes of at least 4 members (excludes halogenated alkanes) is 2.